The zero-order chi connectivity index (χ0) is 11.6. The third-order valence-electron chi connectivity index (χ3n) is 3.71. The highest BCUT2D eigenvalue weighted by molar-refractivity contribution is 5.95. The molecule has 0 spiro atoms. The average molecular weight is 226 g/mol. The Kier molecular flexibility index (Phi) is 1.52. The maximum absolute atomic E-state index is 11.7. The van der Waals surface area contributed by atoms with Crippen LogP contribution >= 0.6 is 0 Å². The first-order chi connectivity index (χ1) is 8.27. The van der Waals surface area contributed by atoms with Crippen LogP contribution in [0, 0.1) is 5.92 Å². The number of aliphatic imine (C=N–C) groups is 1. The highest BCUT2D eigenvalue weighted by atomic mass is 16.3. The minimum absolute atomic E-state index is 0.00443. The minimum Gasteiger partial charge on any atom is -0.392 e. The average Bonchev–Trinajstić information content (AvgIpc) is 3.01. The number of hydrogen-bond acceptors (Lipinski definition) is 3. The number of aromatic amines is 1. The molecule has 4 rings (SSSR count). The molecular weight excluding hydrogens is 216 g/mol. The predicted molar refractivity (Wildman–Crippen MR) is 65.0 cm³/mol. The van der Waals surface area contributed by atoms with E-state index in [9.17, 15) is 9.90 Å². The van der Waals surface area contributed by atoms with E-state index in [-0.39, 0.29) is 23.4 Å². The Bertz CT molecular complexity index is 717. The monoisotopic (exact) mass is 226 g/mol. The summed E-state index contributed by atoms with van der Waals surface area (Å²) in [4.78, 5) is 19.2. The molecule has 1 saturated carbocycles. The van der Waals surface area contributed by atoms with Gasteiger partial charge in [0.05, 0.1) is 17.3 Å². The first kappa shape index (κ1) is 9.13. The third-order valence-corrected chi connectivity index (χ3v) is 3.71. The van der Waals surface area contributed by atoms with Gasteiger partial charge in [0.15, 0.2) is 5.43 Å². The second-order valence-corrected chi connectivity index (χ2v) is 4.64. The fourth-order valence-electron chi connectivity index (χ4n) is 2.71. The van der Waals surface area contributed by atoms with Crippen molar-refractivity contribution < 1.29 is 5.11 Å². The number of nitrogens with zero attached hydrogens (tertiary/aromatic N) is 1. The Morgan fingerprint density at radius 2 is 2.18 bits per heavy atom. The van der Waals surface area contributed by atoms with Crippen molar-refractivity contribution >= 4 is 22.8 Å². The van der Waals surface area contributed by atoms with Crippen molar-refractivity contribution in [2.75, 3.05) is 0 Å². The molecule has 84 valence electrons. The minimum atomic E-state index is -0.312. The van der Waals surface area contributed by atoms with Crippen LogP contribution in [0.4, 0.5) is 5.69 Å². The molecular formula is C13H10N2O2. The molecule has 4 nitrogen and oxygen atoms in total. The predicted octanol–water partition coefficient (Wildman–Crippen LogP) is 1.32. The molecule has 3 unspecified atom stereocenters. The number of rotatable bonds is 0. The summed E-state index contributed by atoms with van der Waals surface area (Å²) in [5, 5.41) is 10.4. The molecule has 2 aromatic rings. The molecule has 0 bridgehead atoms. The summed E-state index contributed by atoms with van der Waals surface area (Å²) < 4.78 is 0. The van der Waals surface area contributed by atoms with Crippen LogP contribution in [0.3, 0.4) is 0 Å². The molecule has 1 aliphatic heterocycles. The van der Waals surface area contributed by atoms with Crippen LogP contribution in [-0.4, -0.2) is 22.4 Å². The quantitative estimate of drug-likeness (QED) is 0.711. The van der Waals surface area contributed by atoms with Gasteiger partial charge in [0.1, 0.15) is 0 Å². The van der Waals surface area contributed by atoms with Crippen LogP contribution in [0.1, 0.15) is 11.5 Å². The molecule has 1 aliphatic carbocycles. The summed E-state index contributed by atoms with van der Waals surface area (Å²) in [5.41, 5.74) is 2.61. The first-order valence-corrected chi connectivity index (χ1v) is 5.64. The molecule has 0 saturated heterocycles. The highest BCUT2D eigenvalue weighted by Gasteiger charge is 2.51. The van der Waals surface area contributed by atoms with E-state index in [0.29, 0.717) is 5.39 Å². The number of aliphatic hydroxyl groups excluding tert-OH is 1. The Hall–Kier alpha value is -1.94. The van der Waals surface area contributed by atoms with Gasteiger partial charge in [-0.1, -0.05) is 6.07 Å². The maximum atomic E-state index is 11.7. The van der Waals surface area contributed by atoms with E-state index in [2.05, 4.69) is 9.98 Å². The van der Waals surface area contributed by atoms with Gasteiger partial charge in [0, 0.05) is 35.7 Å². The summed E-state index contributed by atoms with van der Waals surface area (Å²) in [6.45, 7) is 0. The van der Waals surface area contributed by atoms with Gasteiger partial charge in [-0.05, 0) is 11.6 Å². The SMILES string of the molecule is O=c1cc[nH]c2c3c(ccc12)C1C(O)C1C=N3. The number of pyridine rings is 1. The van der Waals surface area contributed by atoms with Gasteiger partial charge in [-0.15, -0.1) is 0 Å². The second kappa shape index (κ2) is 2.84. The lowest BCUT2D eigenvalue weighted by Crippen LogP contribution is -2.02. The number of aliphatic hydroxyl groups is 1. The normalized spacial score (nSPS) is 28.9. The molecule has 17 heavy (non-hydrogen) atoms. The summed E-state index contributed by atoms with van der Waals surface area (Å²) >= 11 is 0. The van der Waals surface area contributed by atoms with Crippen LogP contribution in [0.5, 0.6) is 0 Å². The standard InChI is InChI=1S/C13H10N2O2/c16-9-3-4-14-11-6(9)1-2-7-10-8(13(10)17)5-15-12(7)11/h1-5,8,10,13,17H,(H,14,16). The lowest BCUT2D eigenvalue weighted by Gasteiger charge is -2.10. The fourth-order valence-corrected chi connectivity index (χ4v) is 2.71. The Balaban J connectivity index is 2.10. The molecule has 2 N–H and O–H groups in total. The molecule has 2 aliphatic rings. The van der Waals surface area contributed by atoms with E-state index in [4.69, 9.17) is 0 Å². The number of hydrogen-bond donors (Lipinski definition) is 2. The Labute approximate surface area is 96.6 Å². The molecule has 1 fully saturated rings. The summed E-state index contributed by atoms with van der Waals surface area (Å²) in [5.74, 6) is 0.325. The van der Waals surface area contributed by atoms with Crippen molar-refractivity contribution in [2.45, 2.75) is 12.0 Å². The van der Waals surface area contributed by atoms with Crippen molar-refractivity contribution in [1.82, 2.24) is 4.98 Å². The fraction of sp³-hybridized carbons (Fsp3) is 0.231. The topological polar surface area (TPSA) is 65.5 Å². The van der Waals surface area contributed by atoms with Crippen molar-refractivity contribution in [3.8, 4) is 0 Å². The molecule has 3 atom stereocenters. The first-order valence-electron chi connectivity index (χ1n) is 5.64. The van der Waals surface area contributed by atoms with E-state index >= 15 is 0 Å². The maximum Gasteiger partial charge on any atom is 0.189 e. The lowest BCUT2D eigenvalue weighted by molar-refractivity contribution is 0.266. The molecule has 0 amide bonds. The van der Waals surface area contributed by atoms with Gasteiger partial charge >= 0.3 is 0 Å². The summed E-state index contributed by atoms with van der Waals surface area (Å²) in [6.07, 6.45) is 3.12. The van der Waals surface area contributed by atoms with Gasteiger partial charge in [-0.2, -0.15) is 0 Å². The van der Waals surface area contributed by atoms with Crippen LogP contribution in [-0.2, 0) is 0 Å². The molecule has 0 radical (unpaired) electrons. The Morgan fingerprint density at radius 3 is 3.06 bits per heavy atom. The van der Waals surface area contributed by atoms with E-state index in [1.54, 1.807) is 12.4 Å². The van der Waals surface area contributed by atoms with Crippen molar-refractivity contribution in [2.24, 2.45) is 10.9 Å². The number of benzene rings is 1. The highest BCUT2D eigenvalue weighted by Crippen LogP contribution is 2.53. The zero-order valence-corrected chi connectivity index (χ0v) is 8.92. The van der Waals surface area contributed by atoms with Crippen molar-refractivity contribution in [1.29, 1.82) is 0 Å². The van der Waals surface area contributed by atoms with Gasteiger partial charge in [-0.25, -0.2) is 0 Å². The van der Waals surface area contributed by atoms with Gasteiger partial charge in [-0.3, -0.25) is 9.79 Å². The second-order valence-electron chi connectivity index (χ2n) is 4.64. The number of nitrogens with one attached hydrogen (secondary N) is 1. The summed E-state index contributed by atoms with van der Waals surface area (Å²) in [7, 11) is 0. The zero-order valence-electron chi connectivity index (χ0n) is 8.92. The molecule has 1 aromatic carbocycles. The molecule has 2 heterocycles. The third kappa shape index (κ3) is 1.05. The van der Waals surface area contributed by atoms with Crippen LogP contribution in [0.15, 0.2) is 34.2 Å². The number of fused-ring (bicyclic) bond motifs is 5. The lowest BCUT2D eigenvalue weighted by atomic mass is 10.0. The van der Waals surface area contributed by atoms with Crippen LogP contribution < -0.4 is 5.43 Å². The van der Waals surface area contributed by atoms with E-state index in [1.807, 2.05) is 12.1 Å². The molecule has 1 aromatic heterocycles. The van der Waals surface area contributed by atoms with Crippen molar-refractivity contribution in [3.05, 3.63) is 40.2 Å². The Morgan fingerprint density at radius 1 is 1.29 bits per heavy atom. The van der Waals surface area contributed by atoms with E-state index < -0.39 is 0 Å². The van der Waals surface area contributed by atoms with Gasteiger partial charge in [0.25, 0.3) is 0 Å². The molecule has 4 heteroatoms. The van der Waals surface area contributed by atoms with Gasteiger partial charge in [0.2, 0.25) is 0 Å². The van der Waals surface area contributed by atoms with Crippen LogP contribution in [0.2, 0.25) is 0 Å². The van der Waals surface area contributed by atoms with Crippen molar-refractivity contribution in [3.63, 3.8) is 0 Å². The number of H-pyrrole nitrogens is 1. The number of aromatic nitrogens is 1. The van der Waals surface area contributed by atoms with E-state index in [0.717, 1.165) is 16.8 Å². The smallest absolute Gasteiger partial charge is 0.189 e. The van der Waals surface area contributed by atoms with Gasteiger partial charge < -0.3 is 10.1 Å². The summed E-state index contributed by atoms with van der Waals surface area (Å²) in [6, 6.07) is 5.24. The van der Waals surface area contributed by atoms with E-state index in [1.165, 1.54) is 6.07 Å². The largest absolute Gasteiger partial charge is 0.392 e. The van der Waals surface area contributed by atoms with Crippen LogP contribution in [0.25, 0.3) is 10.9 Å².